The third-order valence-corrected chi connectivity index (χ3v) is 3.61. The Kier molecular flexibility index (Phi) is 3.88. The maximum Gasteiger partial charge on any atom is 0.308 e. The molecule has 0 radical (unpaired) electrons. The number of hydrogen-bond donors (Lipinski definition) is 1. The summed E-state index contributed by atoms with van der Waals surface area (Å²) in [7, 11) is 0. The number of non-ortho nitro benzene ring substituents is 1. The van der Waals surface area contributed by atoms with Gasteiger partial charge in [-0.15, -0.1) is 0 Å². The van der Waals surface area contributed by atoms with Gasteiger partial charge in [0.2, 0.25) is 0 Å². The number of halogens is 1. The molecule has 21 heavy (non-hydrogen) atoms. The topological polar surface area (TPSA) is 101 Å². The molecule has 0 saturated carbocycles. The van der Waals surface area contributed by atoms with Crippen LogP contribution in [0.25, 0.3) is 0 Å². The van der Waals surface area contributed by atoms with Gasteiger partial charge in [-0.25, -0.2) is 4.39 Å². The number of carboxylic acids is 1. The molecule has 2 atom stereocenters. The standard InChI is InChI=1S/C13H13FN2O5/c1-7-5-15(6-10(7)13(18)19)12(17)9-4-8(16(20)21)2-3-11(9)14/h2-4,7,10H,5-6H2,1H3,(H,18,19). The van der Waals surface area contributed by atoms with Crippen molar-refractivity contribution in [2.24, 2.45) is 11.8 Å². The summed E-state index contributed by atoms with van der Waals surface area (Å²) in [6, 6.07) is 2.70. The highest BCUT2D eigenvalue weighted by Gasteiger charge is 2.38. The van der Waals surface area contributed by atoms with Crippen molar-refractivity contribution in [3.8, 4) is 0 Å². The summed E-state index contributed by atoms with van der Waals surface area (Å²) in [6.07, 6.45) is 0. The number of nitro benzene ring substituents is 1. The van der Waals surface area contributed by atoms with Gasteiger partial charge in [0.1, 0.15) is 5.82 Å². The number of rotatable bonds is 3. The van der Waals surface area contributed by atoms with Crippen molar-refractivity contribution in [3.63, 3.8) is 0 Å². The zero-order valence-electron chi connectivity index (χ0n) is 11.2. The van der Waals surface area contributed by atoms with Gasteiger partial charge in [0.15, 0.2) is 0 Å². The summed E-state index contributed by atoms with van der Waals surface area (Å²) in [6.45, 7) is 1.84. The van der Waals surface area contributed by atoms with Crippen LogP contribution < -0.4 is 0 Å². The highest BCUT2D eigenvalue weighted by atomic mass is 19.1. The second-order valence-corrected chi connectivity index (χ2v) is 5.05. The minimum absolute atomic E-state index is 0.0303. The maximum absolute atomic E-state index is 13.7. The first-order chi connectivity index (χ1) is 9.81. The molecule has 2 rings (SSSR count). The van der Waals surface area contributed by atoms with E-state index < -0.39 is 34.1 Å². The molecule has 8 heteroatoms. The first-order valence-electron chi connectivity index (χ1n) is 6.27. The van der Waals surface area contributed by atoms with Gasteiger partial charge < -0.3 is 10.0 Å². The highest BCUT2D eigenvalue weighted by molar-refractivity contribution is 5.95. The predicted octanol–water partition coefficient (Wildman–Crippen LogP) is 1.53. The fraction of sp³-hybridized carbons (Fsp3) is 0.385. The van der Waals surface area contributed by atoms with Gasteiger partial charge in [0.05, 0.1) is 16.4 Å². The smallest absolute Gasteiger partial charge is 0.308 e. The minimum atomic E-state index is -1.02. The number of likely N-dealkylation sites (tertiary alicyclic amines) is 1. The van der Waals surface area contributed by atoms with Crippen LogP contribution in [0, 0.1) is 27.8 Å². The lowest BCUT2D eigenvalue weighted by Gasteiger charge is -2.16. The van der Waals surface area contributed by atoms with E-state index in [1.165, 1.54) is 4.90 Å². The van der Waals surface area contributed by atoms with Crippen molar-refractivity contribution < 1.29 is 24.0 Å². The number of hydrogen-bond acceptors (Lipinski definition) is 4. The SMILES string of the molecule is CC1CN(C(=O)c2cc([N+](=O)[O-])ccc2F)CC1C(=O)O. The third-order valence-electron chi connectivity index (χ3n) is 3.61. The number of benzene rings is 1. The number of carbonyl (C=O) groups excluding carboxylic acids is 1. The normalized spacial score (nSPS) is 21.3. The molecule has 0 aromatic heterocycles. The maximum atomic E-state index is 13.7. The second-order valence-electron chi connectivity index (χ2n) is 5.05. The second kappa shape index (κ2) is 5.47. The minimum Gasteiger partial charge on any atom is -0.481 e. The Balaban J connectivity index is 2.27. The zero-order valence-corrected chi connectivity index (χ0v) is 11.2. The van der Waals surface area contributed by atoms with Crippen LogP contribution in [0.1, 0.15) is 17.3 Å². The molecule has 112 valence electrons. The summed E-state index contributed by atoms with van der Waals surface area (Å²) in [5.41, 5.74) is -0.802. The van der Waals surface area contributed by atoms with E-state index in [0.29, 0.717) is 0 Å². The Hall–Kier alpha value is -2.51. The van der Waals surface area contributed by atoms with E-state index in [1.54, 1.807) is 6.92 Å². The molecule has 0 bridgehead atoms. The van der Waals surface area contributed by atoms with Crippen LogP contribution in [0.3, 0.4) is 0 Å². The summed E-state index contributed by atoms with van der Waals surface area (Å²) < 4.78 is 13.7. The van der Waals surface area contributed by atoms with Crippen LogP contribution in [-0.2, 0) is 4.79 Å². The van der Waals surface area contributed by atoms with Crippen LogP contribution in [0.2, 0.25) is 0 Å². The fourth-order valence-electron chi connectivity index (χ4n) is 2.42. The Morgan fingerprint density at radius 3 is 2.62 bits per heavy atom. The zero-order chi connectivity index (χ0) is 15.7. The van der Waals surface area contributed by atoms with Crippen LogP contribution in [0.4, 0.5) is 10.1 Å². The molecule has 1 heterocycles. The lowest BCUT2D eigenvalue weighted by atomic mass is 9.99. The van der Waals surface area contributed by atoms with Crippen molar-refractivity contribution in [2.75, 3.05) is 13.1 Å². The first-order valence-corrected chi connectivity index (χ1v) is 6.27. The summed E-state index contributed by atoms with van der Waals surface area (Å²) in [4.78, 5) is 34.4. The molecular formula is C13H13FN2O5. The third kappa shape index (κ3) is 2.83. The van der Waals surface area contributed by atoms with Crippen molar-refractivity contribution in [3.05, 3.63) is 39.7 Å². The molecule has 0 aliphatic carbocycles. The number of nitro groups is 1. The average Bonchev–Trinajstić information content (AvgIpc) is 2.80. The quantitative estimate of drug-likeness (QED) is 0.673. The van der Waals surface area contributed by atoms with Crippen LogP contribution >= 0.6 is 0 Å². The predicted molar refractivity (Wildman–Crippen MR) is 69.2 cm³/mol. The van der Waals surface area contributed by atoms with Gasteiger partial charge in [-0.1, -0.05) is 6.92 Å². The molecule has 1 aromatic rings. The molecule has 1 aliphatic heterocycles. The molecule has 1 aromatic carbocycles. The van der Waals surface area contributed by atoms with E-state index in [-0.39, 0.29) is 24.7 Å². The van der Waals surface area contributed by atoms with E-state index >= 15 is 0 Å². The largest absolute Gasteiger partial charge is 0.481 e. The lowest BCUT2D eigenvalue weighted by molar-refractivity contribution is -0.384. The number of aliphatic carboxylic acids is 1. The molecule has 0 spiro atoms. The van der Waals surface area contributed by atoms with Crippen LogP contribution in [0.5, 0.6) is 0 Å². The Morgan fingerprint density at radius 1 is 1.43 bits per heavy atom. The van der Waals surface area contributed by atoms with E-state index in [2.05, 4.69) is 0 Å². The monoisotopic (exact) mass is 296 g/mol. The number of amides is 1. The van der Waals surface area contributed by atoms with E-state index in [4.69, 9.17) is 5.11 Å². The van der Waals surface area contributed by atoms with E-state index in [9.17, 15) is 24.1 Å². The molecular weight excluding hydrogens is 283 g/mol. The van der Waals surface area contributed by atoms with Crippen molar-refractivity contribution in [1.82, 2.24) is 4.90 Å². The number of nitrogens with zero attached hydrogens (tertiary/aromatic N) is 2. The van der Waals surface area contributed by atoms with E-state index in [0.717, 1.165) is 18.2 Å². The Bertz CT molecular complexity index is 619. The van der Waals surface area contributed by atoms with Crippen LogP contribution in [-0.4, -0.2) is 39.9 Å². The molecule has 1 saturated heterocycles. The van der Waals surface area contributed by atoms with Crippen molar-refractivity contribution in [1.29, 1.82) is 0 Å². The number of carboxylic acid groups (broad SMARTS) is 1. The van der Waals surface area contributed by atoms with Gasteiger partial charge in [-0.05, 0) is 12.0 Å². The lowest BCUT2D eigenvalue weighted by Crippen LogP contribution is -2.30. The summed E-state index contributed by atoms with van der Waals surface area (Å²) in [5.74, 6) is -3.58. The fourth-order valence-corrected chi connectivity index (χ4v) is 2.42. The molecule has 7 nitrogen and oxygen atoms in total. The van der Waals surface area contributed by atoms with E-state index in [1.807, 2.05) is 0 Å². The van der Waals surface area contributed by atoms with Gasteiger partial charge in [-0.2, -0.15) is 0 Å². The van der Waals surface area contributed by atoms with Crippen molar-refractivity contribution >= 4 is 17.6 Å². The number of carbonyl (C=O) groups is 2. The Morgan fingerprint density at radius 2 is 2.10 bits per heavy atom. The molecule has 1 N–H and O–H groups in total. The summed E-state index contributed by atoms with van der Waals surface area (Å²) >= 11 is 0. The Labute approximate surface area is 119 Å². The van der Waals surface area contributed by atoms with Crippen LogP contribution in [0.15, 0.2) is 18.2 Å². The molecule has 1 amide bonds. The highest BCUT2D eigenvalue weighted by Crippen LogP contribution is 2.26. The van der Waals surface area contributed by atoms with Gasteiger partial charge in [-0.3, -0.25) is 19.7 Å². The first kappa shape index (κ1) is 14.9. The molecule has 1 aliphatic rings. The van der Waals surface area contributed by atoms with Gasteiger partial charge >= 0.3 is 5.97 Å². The van der Waals surface area contributed by atoms with Gasteiger partial charge in [0.25, 0.3) is 11.6 Å². The molecule has 1 fully saturated rings. The van der Waals surface area contributed by atoms with Crippen molar-refractivity contribution in [2.45, 2.75) is 6.92 Å². The average molecular weight is 296 g/mol. The summed E-state index contributed by atoms with van der Waals surface area (Å²) in [5, 5.41) is 19.7. The van der Waals surface area contributed by atoms with Gasteiger partial charge in [0, 0.05) is 25.2 Å². The molecule has 2 unspecified atom stereocenters.